The number of aromatic amines is 1. The third-order valence-electron chi connectivity index (χ3n) is 5.29. The van der Waals surface area contributed by atoms with Crippen molar-refractivity contribution < 1.29 is 9.59 Å². The normalized spacial score (nSPS) is 14.9. The Labute approximate surface area is 152 Å². The van der Waals surface area contributed by atoms with E-state index >= 15 is 0 Å². The Morgan fingerprint density at radius 3 is 2.65 bits per heavy atom. The molecule has 1 amide bonds. The number of ketones is 1. The molecule has 4 nitrogen and oxygen atoms in total. The van der Waals surface area contributed by atoms with Crippen LogP contribution in [0.1, 0.15) is 63.5 Å². The fourth-order valence-corrected chi connectivity index (χ4v) is 3.83. The number of aryl methyl sites for hydroxylation is 1. The minimum Gasteiger partial charge on any atom is -0.354 e. The van der Waals surface area contributed by atoms with Crippen molar-refractivity contribution in [3.63, 3.8) is 0 Å². The second-order valence-electron chi connectivity index (χ2n) is 7.06. The highest BCUT2D eigenvalue weighted by Gasteiger charge is 2.26. The van der Waals surface area contributed by atoms with Gasteiger partial charge in [0.1, 0.15) is 5.69 Å². The van der Waals surface area contributed by atoms with Crippen LogP contribution in [0.2, 0.25) is 0 Å². The molecule has 132 valence electrons. The highest BCUT2D eigenvalue weighted by molar-refractivity contribution is 6.04. The van der Waals surface area contributed by atoms with Gasteiger partial charge in [-0.25, -0.2) is 0 Å². The van der Waals surface area contributed by atoms with Crippen LogP contribution in [0.25, 0.3) is 10.8 Å². The number of aromatic nitrogens is 1. The molecule has 0 aliphatic heterocycles. The SMILES string of the molecule is Cc1c(C(=O)NC(C)c2ccc3ccccc3c2)[nH]c2c1C(=O)CCC2. The minimum atomic E-state index is -0.162. The van der Waals surface area contributed by atoms with E-state index in [4.69, 9.17) is 0 Å². The molecule has 0 spiro atoms. The molecule has 2 aromatic carbocycles. The zero-order valence-electron chi connectivity index (χ0n) is 15.1. The summed E-state index contributed by atoms with van der Waals surface area (Å²) in [6, 6.07) is 14.3. The first-order valence-electron chi connectivity index (χ1n) is 9.09. The number of nitrogens with one attached hydrogen (secondary N) is 2. The van der Waals surface area contributed by atoms with Crippen molar-refractivity contribution in [3.05, 3.63) is 70.5 Å². The van der Waals surface area contributed by atoms with Crippen molar-refractivity contribution in [2.45, 2.75) is 39.2 Å². The smallest absolute Gasteiger partial charge is 0.268 e. The van der Waals surface area contributed by atoms with Gasteiger partial charge in [-0.05, 0) is 54.7 Å². The fourth-order valence-electron chi connectivity index (χ4n) is 3.83. The Balaban J connectivity index is 1.58. The highest BCUT2D eigenvalue weighted by atomic mass is 16.2. The third kappa shape index (κ3) is 2.81. The number of H-pyrrole nitrogens is 1. The summed E-state index contributed by atoms with van der Waals surface area (Å²) < 4.78 is 0. The molecule has 1 heterocycles. The molecule has 0 radical (unpaired) electrons. The number of fused-ring (bicyclic) bond motifs is 2. The van der Waals surface area contributed by atoms with Crippen LogP contribution >= 0.6 is 0 Å². The van der Waals surface area contributed by atoms with Gasteiger partial charge < -0.3 is 10.3 Å². The molecule has 2 N–H and O–H groups in total. The van der Waals surface area contributed by atoms with Gasteiger partial charge >= 0.3 is 0 Å². The van der Waals surface area contributed by atoms with Crippen LogP contribution in [0.4, 0.5) is 0 Å². The Kier molecular flexibility index (Phi) is 4.11. The number of hydrogen-bond donors (Lipinski definition) is 2. The summed E-state index contributed by atoms with van der Waals surface area (Å²) in [6.07, 6.45) is 2.25. The largest absolute Gasteiger partial charge is 0.354 e. The van der Waals surface area contributed by atoms with Crippen LogP contribution < -0.4 is 5.32 Å². The zero-order valence-corrected chi connectivity index (χ0v) is 15.1. The van der Waals surface area contributed by atoms with Crippen molar-refractivity contribution in [2.24, 2.45) is 0 Å². The van der Waals surface area contributed by atoms with Gasteiger partial charge in [-0.3, -0.25) is 9.59 Å². The summed E-state index contributed by atoms with van der Waals surface area (Å²) in [5.41, 5.74) is 3.97. The van der Waals surface area contributed by atoms with E-state index in [0.29, 0.717) is 12.1 Å². The molecular formula is C22H22N2O2. The lowest BCUT2D eigenvalue weighted by Crippen LogP contribution is -2.27. The molecule has 26 heavy (non-hydrogen) atoms. The topological polar surface area (TPSA) is 62.0 Å². The van der Waals surface area contributed by atoms with E-state index in [1.807, 2.05) is 32.0 Å². The Hall–Kier alpha value is -2.88. The Bertz CT molecular complexity index is 1020. The number of Topliss-reactive ketones (excluding diaryl/α,β-unsaturated/α-hetero) is 1. The molecule has 0 saturated heterocycles. The summed E-state index contributed by atoms with van der Waals surface area (Å²) in [5.74, 6) is -0.0213. The summed E-state index contributed by atoms with van der Waals surface area (Å²) in [4.78, 5) is 28.1. The average Bonchev–Trinajstić information content (AvgIpc) is 2.99. The van der Waals surface area contributed by atoms with Gasteiger partial charge in [-0.1, -0.05) is 36.4 Å². The van der Waals surface area contributed by atoms with E-state index in [2.05, 4.69) is 34.6 Å². The highest BCUT2D eigenvalue weighted by Crippen LogP contribution is 2.27. The van der Waals surface area contributed by atoms with Crippen molar-refractivity contribution in [2.75, 3.05) is 0 Å². The van der Waals surface area contributed by atoms with Crippen LogP contribution in [0, 0.1) is 6.92 Å². The van der Waals surface area contributed by atoms with Gasteiger partial charge in [0.15, 0.2) is 5.78 Å². The van der Waals surface area contributed by atoms with Crippen LogP contribution in [-0.2, 0) is 6.42 Å². The zero-order chi connectivity index (χ0) is 18.3. The first-order chi connectivity index (χ1) is 12.5. The number of hydrogen-bond acceptors (Lipinski definition) is 2. The Morgan fingerprint density at radius 2 is 1.88 bits per heavy atom. The van der Waals surface area contributed by atoms with E-state index in [1.165, 1.54) is 5.39 Å². The summed E-state index contributed by atoms with van der Waals surface area (Å²) in [7, 11) is 0. The molecule has 1 atom stereocenters. The van der Waals surface area contributed by atoms with Crippen molar-refractivity contribution in [1.29, 1.82) is 0 Å². The molecule has 0 saturated carbocycles. The number of rotatable bonds is 3. The molecule has 0 bridgehead atoms. The second-order valence-corrected chi connectivity index (χ2v) is 7.06. The molecule has 1 aliphatic carbocycles. The van der Waals surface area contributed by atoms with Crippen LogP contribution in [-0.4, -0.2) is 16.7 Å². The minimum absolute atomic E-state index is 0.123. The average molecular weight is 346 g/mol. The molecule has 1 aromatic heterocycles. The summed E-state index contributed by atoms with van der Waals surface area (Å²) in [6.45, 7) is 3.83. The lowest BCUT2D eigenvalue weighted by atomic mass is 9.94. The van der Waals surface area contributed by atoms with Gasteiger partial charge in [-0.15, -0.1) is 0 Å². The number of amides is 1. The summed E-state index contributed by atoms with van der Waals surface area (Å²) >= 11 is 0. The number of carbonyl (C=O) groups is 2. The van der Waals surface area contributed by atoms with Crippen LogP contribution in [0.3, 0.4) is 0 Å². The molecule has 0 fully saturated rings. The van der Waals surface area contributed by atoms with E-state index in [0.717, 1.165) is 40.6 Å². The van der Waals surface area contributed by atoms with E-state index in [1.54, 1.807) is 0 Å². The summed E-state index contributed by atoms with van der Waals surface area (Å²) in [5, 5.41) is 5.40. The quantitative estimate of drug-likeness (QED) is 0.734. The second kappa shape index (κ2) is 6.45. The molecular weight excluding hydrogens is 324 g/mol. The van der Waals surface area contributed by atoms with Crippen LogP contribution in [0.15, 0.2) is 42.5 Å². The van der Waals surface area contributed by atoms with E-state index < -0.39 is 0 Å². The predicted molar refractivity (Wildman–Crippen MR) is 103 cm³/mol. The first kappa shape index (κ1) is 16.6. The van der Waals surface area contributed by atoms with E-state index in [9.17, 15) is 9.59 Å². The van der Waals surface area contributed by atoms with Gasteiger partial charge in [-0.2, -0.15) is 0 Å². The van der Waals surface area contributed by atoms with Gasteiger partial charge in [0.25, 0.3) is 5.91 Å². The maximum Gasteiger partial charge on any atom is 0.268 e. The molecule has 1 aliphatic rings. The molecule has 4 rings (SSSR count). The molecule has 4 heteroatoms. The van der Waals surface area contributed by atoms with Gasteiger partial charge in [0.2, 0.25) is 0 Å². The lowest BCUT2D eigenvalue weighted by Gasteiger charge is -2.15. The Morgan fingerprint density at radius 1 is 1.12 bits per heavy atom. The number of benzene rings is 2. The number of carbonyl (C=O) groups excluding carboxylic acids is 2. The first-order valence-corrected chi connectivity index (χ1v) is 9.09. The van der Waals surface area contributed by atoms with Gasteiger partial charge in [0, 0.05) is 17.7 Å². The third-order valence-corrected chi connectivity index (χ3v) is 5.29. The van der Waals surface area contributed by atoms with E-state index in [-0.39, 0.29) is 17.7 Å². The molecule has 3 aromatic rings. The van der Waals surface area contributed by atoms with Crippen molar-refractivity contribution >= 4 is 22.5 Å². The predicted octanol–water partition coefficient (Wildman–Crippen LogP) is 4.49. The fraction of sp³-hybridized carbons (Fsp3) is 0.273. The maximum atomic E-state index is 12.8. The molecule has 1 unspecified atom stereocenters. The van der Waals surface area contributed by atoms with Crippen molar-refractivity contribution in [3.8, 4) is 0 Å². The maximum absolute atomic E-state index is 12.8. The van der Waals surface area contributed by atoms with Gasteiger partial charge in [0.05, 0.1) is 6.04 Å². The standard InChI is InChI=1S/C22H22N2O2/c1-13-20-18(8-5-9-19(20)25)24-21(13)22(26)23-14(2)16-11-10-15-6-3-4-7-17(15)12-16/h3-4,6-7,10-12,14,24H,5,8-9H2,1-2H3,(H,23,26). The van der Waals surface area contributed by atoms with Crippen LogP contribution in [0.5, 0.6) is 0 Å². The monoisotopic (exact) mass is 346 g/mol. The van der Waals surface area contributed by atoms with Crippen molar-refractivity contribution in [1.82, 2.24) is 10.3 Å². The lowest BCUT2D eigenvalue weighted by molar-refractivity contribution is 0.0934.